The zero-order valence-corrected chi connectivity index (χ0v) is 10.5. The summed E-state index contributed by atoms with van der Waals surface area (Å²) in [5.41, 5.74) is 0.550. The predicted molar refractivity (Wildman–Crippen MR) is 67.1 cm³/mol. The van der Waals surface area contributed by atoms with Crippen LogP contribution in [0.1, 0.15) is 5.56 Å². The molecule has 0 radical (unpaired) electrons. The van der Waals surface area contributed by atoms with Crippen molar-refractivity contribution in [1.82, 2.24) is 10.2 Å². The van der Waals surface area contributed by atoms with Gasteiger partial charge in [-0.3, -0.25) is 10.1 Å². The number of thioether (sulfide) groups is 1. The molecule has 0 aromatic heterocycles. The fourth-order valence-electron chi connectivity index (χ4n) is 1.78. The molecule has 1 aromatic rings. The maximum absolute atomic E-state index is 13.4. The van der Waals surface area contributed by atoms with Gasteiger partial charge in [0.1, 0.15) is 5.82 Å². The quantitative estimate of drug-likeness (QED) is 0.886. The normalized spacial score (nSPS) is 19.3. The van der Waals surface area contributed by atoms with Gasteiger partial charge in [-0.15, -0.1) is 11.8 Å². The first-order valence-electron chi connectivity index (χ1n) is 5.48. The Morgan fingerprint density at radius 1 is 1.59 bits per heavy atom. The highest BCUT2D eigenvalue weighted by molar-refractivity contribution is 7.99. The average molecular weight is 254 g/mol. The van der Waals surface area contributed by atoms with Crippen molar-refractivity contribution in [1.29, 1.82) is 0 Å². The molecule has 5 heteroatoms. The molecule has 1 aromatic carbocycles. The highest BCUT2D eigenvalue weighted by Crippen LogP contribution is 2.14. The molecule has 1 amide bonds. The minimum atomic E-state index is -0.263. The summed E-state index contributed by atoms with van der Waals surface area (Å²) in [6.45, 7) is 0.314. The van der Waals surface area contributed by atoms with Crippen LogP contribution in [0, 0.1) is 5.82 Å². The number of rotatable bonds is 3. The van der Waals surface area contributed by atoms with Gasteiger partial charge in [0.2, 0.25) is 5.91 Å². The Labute approximate surface area is 104 Å². The third kappa shape index (κ3) is 2.98. The van der Waals surface area contributed by atoms with Crippen molar-refractivity contribution >= 4 is 17.7 Å². The van der Waals surface area contributed by atoms with Gasteiger partial charge in [0.05, 0.1) is 6.04 Å². The predicted octanol–water partition coefficient (Wildman–Crippen LogP) is 1.45. The van der Waals surface area contributed by atoms with Crippen LogP contribution in [0.5, 0.6) is 0 Å². The van der Waals surface area contributed by atoms with E-state index in [1.807, 2.05) is 0 Å². The molecule has 1 aliphatic rings. The van der Waals surface area contributed by atoms with Gasteiger partial charge in [-0.25, -0.2) is 4.39 Å². The molecule has 1 fully saturated rings. The van der Waals surface area contributed by atoms with Gasteiger partial charge in [-0.1, -0.05) is 18.2 Å². The molecule has 1 heterocycles. The lowest BCUT2D eigenvalue weighted by Gasteiger charge is -2.21. The van der Waals surface area contributed by atoms with E-state index in [4.69, 9.17) is 0 Å². The lowest BCUT2D eigenvalue weighted by atomic mass is 10.2. The van der Waals surface area contributed by atoms with Crippen LogP contribution >= 0.6 is 11.8 Å². The molecule has 17 heavy (non-hydrogen) atoms. The fraction of sp³-hybridized carbons (Fsp3) is 0.417. The second kappa shape index (κ2) is 5.51. The summed E-state index contributed by atoms with van der Waals surface area (Å²) in [5, 5.41) is 3.12. The highest BCUT2D eigenvalue weighted by Gasteiger charge is 2.25. The van der Waals surface area contributed by atoms with Crippen molar-refractivity contribution in [2.45, 2.75) is 12.6 Å². The van der Waals surface area contributed by atoms with Crippen LogP contribution in [-0.4, -0.2) is 35.5 Å². The van der Waals surface area contributed by atoms with Gasteiger partial charge in [0.15, 0.2) is 0 Å². The molecule has 0 aliphatic carbocycles. The van der Waals surface area contributed by atoms with Crippen molar-refractivity contribution in [3.63, 3.8) is 0 Å². The molecule has 1 atom stereocenters. The van der Waals surface area contributed by atoms with Crippen LogP contribution in [0.3, 0.4) is 0 Å². The fourth-order valence-corrected chi connectivity index (χ4v) is 2.71. The van der Waals surface area contributed by atoms with Crippen LogP contribution in [0.4, 0.5) is 4.39 Å². The third-order valence-corrected chi connectivity index (χ3v) is 3.70. The molecule has 3 nitrogen and oxygen atoms in total. The van der Waals surface area contributed by atoms with Gasteiger partial charge in [0.25, 0.3) is 0 Å². The third-order valence-electron chi connectivity index (χ3n) is 2.76. The van der Waals surface area contributed by atoms with E-state index in [-0.39, 0.29) is 17.8 Å². The van der Waals surface area contributed by atoms with Gasteiger partial charge in [-0.05, 0) is 6.07 Å². The molecular formula is C12H15FN2OS. The second-order valence-corrected chi connectivity index (χ2v) is 5.09. The van der Waals surface area contributed by atoms with Crippen LogP contribution in [0.15, 0.2) is 24.3 Å². The molecule has 1 saturated heterocycles. The monoisotopic (exact) mass is 254 g/mol. The zero-order chi connectivity index (χ0) is 12.3. The Hall–Kier alpha value is -1.07. The lowest BCUT2D eigenvalue weighted by Crippen LogP contribution is -2.42. The van der Waals surface area contributed by atoms with E-state index in [9.17, 15) is 9.18 Å². The number of hydrogen-bond acceptors (Lipinski definition) is 3. The van der Waals surface area contributed by atoms with Gasteiger partial charge in [0, 0.05) is 30.8 Å². The number of carbonyl (C=O) groups is 1. The zero-order valence-electron chi connectivity index (χ0n) is 9.65. The van der Waals surface area contributed by atoms with Crippen LogP contribution in [-0.2, 0) is 11.3 Å². The molecule has 2 rings (SSSR count). The summed E-state index contributed by atoms with van der Waals surface area (Å²) in [5.74, 6) is 1.36. The number of likely N-dealkylation sites (N-methyl/N-ethyl adjacent to an activating group) is 1. The van der Waals surface area contributed by atoms with Gasteiger partial charge >= 0.3 is 0 Å². The van der Waals surface area contributed by atoms with E-state index in [1.54, 1.807) is 41.9 Å². The van der Waals surface area contributed by atoms with Gasteiger partial charge < -0.3 is 4.90 Å². The van der Waals surface area contributed by atoms with E-state index < -0.39 is 0 Å². The SMILES string of the molecule is CN(Cc1ccccc1F)C(=O)[C@H]1CSCN1. The van der Waals surface area contributed by atoms with E-state index in [0.717, 1.165) is 11.6 Å². The first kappa shape index (κ1) is 12.4. The molecule has 92 valence electrons. The van der Waals surface area contributed by atoms with Crippen LogP contribution in [0.25, 0.3) is 0 Å². The minimum absolute atomic E-state index is 0.0262. The Morgan fingerprint density at radius 2 is 2.35 bits per heavy atom. The second-order valence-electron chi connectivity index (χ2n) is 4.06. The maximum atomic E-state index is 13.4. The number of benzene rings is 1. The molecule has 0 spiro atoms. The van der Waals surface area contributed by atoms with Crippen LogP contribution in [0.2, 0.25) is 0 Å². The molecular weight excluding hydrogens is 239 g/mol. The van der Waals surface area contributed by atoms with E-state index in [2.05, 4.69) is 5.32 Å². The summed E-state index contributed by atoms with van der Waals surface area (Å²) in [4.78, 5) is 13.6. The Bertz CT molecular complexity index is 407. The smallest absolute Gasteiger partial charge is 0.240 e. The number of amides is 1. The maximum Gasteiger partial charge on any atom is 0.240 e. The Balaban J connectivity index is 1.99. The summed E-state index contributed by atoms with van der Waals surface area (Å²) >= 11 is 1.70. The summed E-state index contributed by atoms with van der Waals surface area (Å²) in [6, 6.07) is 6.42. The van der Waals surface area contributed by atoms with Crippen molar-refractivity contribution in [3.8, 4) is 0 Å². The number of nitrogens with one attached hydrogen (secondary N) is 1. The number of hydrogen-bond donors (Lipinski definition) is 1. The highest BCUT2D eigenvalue weighted by atomic mass is 32.2. The van der Waals surface area contributed by atoms with E-state index in [1.165, 1.54) is 6.07 Å². The standard InChI is InChI=1S/C12H15FN2OS/c1-15(12(16)11-7-17-8-14-11)6-9-4-2-3-5-10(9)13/h2-5,11,14H,6-8H2,1H3/t11-/m1/s1. The van der Waals surface area contributed by atoms with Crippen molar-refractivity contribution in [3.05, 3.63) is 35.6 Å². The van der Waals surface area contributed by atoms with Crippen molar-refractivity contribution in [2.24, 2.45) is 0 Å². The largest absolute Gasteiger partial charge is 0.340 e. The summed E-state index contributed by atoms with van der Waals surface area (Å²) < 4.78 is 13.4. The first-order chi connectivity index (χ1) is 8.18. The lowest BCUT2D eigenvalue weighted by molar-refractivity contribution is -0.131. The molecule has 1 N–H and O–H groups in total. The topological polar surface area (TPSA) is 32.3 Å². The summed E-state index contributed by atoms with van der Waals surface area (Å²) in [6.07, 6.45) is 0. The first-order valence-corrected chi connectivity index (χ1v) is 6.63. The number of nitrogens with zero attached hydrogens (tertiary/aromatic N) is 1. The Kier molecular flexibility index (Phi) is 4.02. The average Bonchev–Trinajstić information content (AvgIpc) is 2.84. The van der Waals surface area contributed by atoms with Gasteiger partial charge in [-0.2, -0.15) is 0 Å². The molecule has 0 bridgehead atoms. The summed E-state index contributed by atoms with van der Waals surface area (Å²) in [7, 11) is 1.71. The van der Waals surface area contributed by atoms with E-state index in [0.29, 0.717) is 12.1 Å². The number of halogens is 1. The molecule has 0 unspecified atom stereocenters. The molecule has 0 saturated carbocycles. The van der Waals surface area contributed by atoms with Crippen molar-refractivity contribution < 1.29 is 9.18 Å². The number of carbonyl (C=O) groups excluding carboxylic acids is 1. The van der Waals surface area contributed by atoms with E-state index >= 15 is 0 Å². The van der Waals surface area contributed by atoms with Crippen molar-refractivity contribution in [2.75, 3.05) is 18.7 Å². The Morgan fingerprint density at radius 3 is 3.00 bits per heavy atom. The van der Waals surface area contributed by atoms with Crippen LogP contribution < -0.4 is 5.32 Å². The molecule has 1 aliphatic heterocycles. The minimum Gasteiger partial charge on any atom is -0.340 e.